The van der Waals surface area contributed by atoms with E-state index in [-0.39, 0.29) is 11.3 Å². The number of carbonyl (C=O) groups excluding carboxylic acids is 1. The van der Waals surface area contributed by atoms with E-state index >= 15 is 0 Å². The first kappa shape index (κ1) is 19.7. The highest BCUT2D eigenvalue weighted by Gasteiger charge is 2.18. The maximum absolute atomic E-state index is 12.6. The number of rotatable bonds is 5. The van der Waals surface area contributed by atoms with Crippen LogP contribution in [0.1, 0.15) is 10.9 Å². The molecule has 1 atom stereocenters. The fourth-order valence-corrected chi connectivity index (χ4v) is 3.39. The Balaban J connectivity index is 1.68. The summed E-state index contributed by atoms with van der Waals surface area (Å²) in [5, 5.41) is 2.35. The van der Waals surface area contributed by atoms with Gasteiger partial charge >= 0.3 is 0 Å². The molecule has 0 bridgehead atoms. The topological polar surface area (TPSA) is 68.5 Å². The summed E-state index contributed by atoms with van der Waals surface area (Å²) in [7, 11) is 1.56. The second-order valence-electron chi connectivity index (χ2n) is 6.65. The molecule has 4 aromatic rings. The highest BCUT2D eigenvalue weighted by Crippen LogP contribution is 2.31. The molecule has 1 N–H and O–H groups in total. The van der Waals surface area contributed by atoms with E-state index in [0.717, 1.165) is 0 Å². The molecular weight excluding hydrogens is 402 g/mol. The molecule has 1 heterocycles. The molecule has 4 rings (SSSR count). The quantitative estimate of drug-likeness (QED) is 0.440. The SMILES string of the molecule is COc1ccccc1-c1cc(=O)c2ccc(NC(=O)C(Cl)c3ccccc3)cc2o1. The molecule has 0 fully saturated rings. The number of halogens is 1. The molecule has 3 aromatic carbocycles. The van der Waals surface area contributed by atoms with Gasteiger partial charge in [-0.05, 0) is 29.8 Å². The Bertz CT molecular complexity index is 1270. The Labute approximate surface area is 177 Å². The summed E-state index contributed by atoms with van der Waals surface area (Å²) in [6.45, 7) is 0. The van der Waals surface area contributed by atoms with E-state index in [2.05, 4.69) is 5.32 Å². The van der Waals surface area contributed by atoms with Gasteiger partial charge in [-0.2, -0.15) is 0 Å². The minimum absolute atomic E-state index is 0.186. The minimum atomic E-state index is -0.839. The summed E-state index contributed by atoms with van der Waals surface area (Å²) in [5.74, 6) is 0.607. The summed E-state index contributed by atoms with van der Waals surface area (Å²) in [6.07, 6.45) is 0. The van der Waals surface area contributed by atoms with Crippen LogP contribution < -0.4 is 15.5 Å². The maximum Gasteiger partial charge on any atom is 0.246 e. The zero-order valence-electron chi connectivity index (χ0n) is 16.1. The third kappa shape index (κ3) is 3.93. The zero-order chi connectivity index (χ0) is 21.1. The van der Waals surface area contributed by atoms with Crippen LogP contribution in [-0.4, -0.2) is 13.0 Å². The van der Waals surface area contributed by atoms with Crippen molar-refractivity contribution in [2.45, 2.75) is 5.38 Å². The highest BCUT2D eigenvalue weighted by atomic mass is 35.5. The fraction of sp³-hybridized carbons (Fsp3) is 0.0833. The number of ether oxygens (including phenoxy) is 1. The second-order valence-corrected chi connectivity index (χ2v) is 7.09. The van der Waals surface area contributed by atoms with Crippen molar-refractivity contribution < 1.29 is 13.9 Å². The van der Waals surface area contributed by atoms with Crippen LogP contribution in [-0.2, 0) is 4.79 Å². The van der Waals surface area contributed by atoms with Gasteiger partial charge in [0.25, 0.3) is 0 Å². The van der Waals surface area contributed by atoms with Crippen molar-refractivity contribution in [2.24, 2.45) is 0 Å². The average Bonchev–Trinajstić information content (AvgIpc) is 2.78. The van der Waals surface area contributed by atoms with Crippen LogP contribution in [0.25, 0.3) is 22.3 Å². The molecule has 1 amide bonds. The van der Waals surface area contributed by atoms with Gasteiger partial charge in [0, 0.05) is 17.8 Å². The largest absolute Gasteiger partial charge is 0.496 e. The molecule has 6 heteroatoms. The van der Waals surface area contributed by atoms with Crippen molar-refractivity contribution in [3.8, 4) is 17.1 Å². The first-order valence-electron chi connectivity index (χ1n) is 9.28. The van der Waals surface area contributed by atoms with Crippen molar-refractivity contribution in [2.75, 3.05) is 12.4 Å². The number of nitrogens with one attached hydrogen (secondary N) is 1. The summed E-state index contributed by atoms with van der Waals surface area (Å²) in [6, 6.07) is 22.7. The molecule has 1 unspecified atom stereocenters. The number of benzene rings is 3. The molecule has 0 radical (unpaired) electrons. The van der Waals surface area contributed by atoms with Gasteiger partial charge in [0.2, 0.25) is 5.91 Å². The number of methoxy groups -OCH3 is 1. The van der Waals surface area contributed by atoms with Crippen LogP contribution >= 0.6 is 11.6 Å². The Morgan fingerprint density at radius 1 is 1.00 bits per heavy atom. The maximum atomic E-state index is 12.6. The van der Waals surface area contributed by atoms with E-state index < -0.39 is 5.38 Å². The molecule has 0 aliphatic carbocycles. The molecule has 0 spiro atoms. The number of fused-ring (bicyclic) bond motifs is 1. The van der Waals surface area contributed by atoms with Gasteiger partial charge in [-0.3, -0.25) is 9.59 Å². The van der Waals surface area contributed by atoms with E-state index in [1.165, 1.54) is 6.07 Å². The van der Waals surface area contributed by atoms with Crippen LogP contribution in [0.3, 0.4) is 0 Å². The minimum Gasteiger partial charge on any atom is -0.496 e. The summed E-state index contributed by atoms with van der Waals surface area (Å²) in [5.41, 5.74) is 2.01. The third-order valence-corrected chi connectivity index (χ3v) is 5.14. The van der Waals surface area contributed by atoms with E-state index in [0.29, 0.717) is 39.3 Å². The molecule has 30 heavy (non-hydrogen) atoms. The lowest BCUT2D eigenvalue weighted by Gasteiger charge is -2.12. The number of alkyl halides is 1. The van der Waals surface area contributed by atoms with Gasteiger partial charge in [-0.25, -0.2) is 0 Å². The standard InChI is InChI=1S/C24H18ClNO4/c1-29-20-10-6-5-9-18(20)22-14-19(27)17-12-11-16(13-21(17)30-22)26-24(28)23(25)15-7-3-2-4-8-15/h2-14,23H,1H3,(H,26,28). The summed E-state index contributed by atoms with van der Waals surface area (Å²) >= 11 is 6.29. The van der Waals surface area contributed by atoms with E-state index in [1.807, 2.05) is 36.4 Å². The van der Waals surface area contributed by atoms with Gasteiger partial charge in [0.1, 0.15) is 22.5 Å². The first-order chi connectivity index (χ1) is 14.6. The van der Waals surface area contributed by atoms with Gasteiger partial charge in [0.15, 0.2) is 5.43 Å². The second kappa shape index (κ2) is 8.43. The van der Waals surface area contributed by atoms with Gasteiger partial charge in [-0.15, -0.1) is 11.6 Å². The number of amides is 1. The number of para-hydroxylation sites is 1. The highest BCUT2D eigenvalue weighted by molar-refractivity contribution is 6.32. The summed E-state index contributed by atoms with van der Waals surface area (Å²) < 4.78 is 11.3. The van der Waals surface area contributed by atoms with Crippen LogP contribution in [0.4, 0.5) is 5.69 Å². The van der Waals surface area contributed by atoms with Crippen LogP contribution in [0.2, 0.25) is 0 Å². The van der Waals surface area contributed by atoms with E-state index in [1.54, 1.807) is 43.5 Å². The zero-order valence-corrected chi connectivity index (χ0v) is 16.8. The molecule has 150 valence electrons. The Hall–Kier alpha value is -3.57. The summed E-state index contributed by atoms with van der Waals surface area (Å²) in [4.78, 5) is 25.1. The smallest absolute Gasteiger partial charge is 0.246 e. The van der Waals surface area contributed by atoms with Crippen LogP contribution in [0.15, 0.2) is 88.1 Å². The predicted molar refractivity (Wildman–Crippen MR) is 118 cm³/mol. The number of hydrogen-bond donors (Lipinski definition) is 1. The number of hydrogen-bond acceptors (Lipinski definition) is 4. The van der Waals surface area contributed by atoms with Crippen LogP contribution in [0, 0.1) is 0 Å². The molecule has 1 aromatic heterocycles. The Kier molecular flexibility index (Phi) is 5.55. The lowest BCUT2D eigenvalue weighted by Crippen LogP contribution is -2.17. The Morgan fingerprint density at radius 2 is 1.73 bits per heavy atom. The third-order valence-electron chi connectivity index (χ3n) is 4.69. The number of anilines is 1. The van der Waals surface area contributed by atoms with Gasteiger partial charge in [0.05, 0.1) is 18.1 Å². The van der Waals surface area contributed by atoms with Crippen molar-refractivity contribution in [3.63, 3.8) is 0 Å². The molecule has 0 saturated heterocycles. The molecule has 0 aliphatic heterocycles. The fourth-order valence-electron chi connectivity index (χ4n) is 3.19. The first-order valence-corrected chi connectivity index (χ1v) is 9.71. The van der Waals surface area contributed by atoms with Crippen LogP contribution in [0.5, 0.6) is 5.75 Å². The van der Waals surface area contributed by atoms with Crippen molar-refractivity contribution in [3.05, 3.63) is 94.6 Å². The van der Waals surface area contributed by atoms with Gasteiger partial charge in [-0.1, -0.05) is 42.5 Å². The average molecular weight is 420 g/mol. The molecule has 0 saturated carbocycles. The molecule has 0 aliphatic rings. The Morgan fingerprint density at radius 3 is 2.50 bits per heavy atom. The van der Waals surface area contributed by atoms with Crippen molar-refractivity contribution >= 4 is 34.2 Å². The number of carbonyl (C=O) groups is 1. The van der Waals surface area contributed by atoms with Crippen molar-refractivity contribution in [1.82, 2.24) is 0 Å². The molecular formula is C24H18ClNO4. The van der Waals surface area contributed by atoms with Crippen molar-refractivity contribution in [1.29, 1.82) is 0 Å². The van der Waals surface area contributed by atoms with E-state index in [9.17, 15) is 9.59 Å². The lowest BCUT2D eigenvalue weighted by atomic mass is 10.1. The normalized spacial score (nSPS) is 11.8. The van der Waals surface area contributed by atoms with E-state index in [4.69, 9.17) is 20.8 Å². The van der Waals surface area contributed by atoms with Gasteiger partial charge < -0.3 is 14.5 Å². The monoisotopic (exact) mass is 419 g/mol. The lowest BCUT2D eigenvalue weighted by molar-refractivity contribution is -0.116. The predicted octanol–water partition coefficient (Wildman–Crippen LogP) is 5.39. The molecule has 5 nitrogen and oxygen atoms in total.